The summed E-state index contributed by atoms with van der Waals surface area (Å²) in [5.41, 5.74) is 2.85. The van der Waals surface area contributed by atoms with Gasteiger partial charge < -0.3 is 10.2 Å². The molecule has 0 aliphatic carbocycles. The van der Waals surface area contributed by atoms with Gasteiger partial charge in [-0.1, -0.05) is 29.3 Å². The summed E-state index contributed by atoms with van der Waals surface area (Å²) in [6.45, 7) is 1.79. The van der Waals surface area contributed by atoms with Crippen molar-refractivity contribution in [3.8, 4) is 11.4 Å². The minimum absolute atomic E-state index is 0.460. The van der Waals surface area contributed by atoms with E-state index in [2.05, 4.69) is 29.3 Å². The van der Waals surface area contributed by atoms with Crippen molar-refractivity contribution >= 4 is 40.1 Å². The Balaban J connectivity index is 2.00. The molecule has 0 fully saturated rings. The monoisotopic (exact) mass is 375 g/mol. The second kappa shape index (κ2) is 7.95. The first-order chi connectivity index (χ1) is 12.0. The van der Waals surface area contributed by atoms with Crippen molar-refractivity contribution in [1.82, 2.24) is 19.9 Å². The first kappa shape index (κ1) is 17.9. The van der Waals surface area contributed by atoms with E-state index in [-0.39, 0.29) is 0 Å². The van der Waals surface area contributed by atoms with Crippen molar-refractivity contribution in [3.63, 3.8) is 0 Å². The normalized spacial score (nSPS) is 11.2. The zero-order valence-electron chi connectivity index (χ0n) is 14.1. The van der Waals surface area contributed by atoms with E-state index in [1.165, 1.54) is 0 Å². The fourth-order valence-electron chi connectivity index (χ4n) is 2.46. The van der Waals surface area contributed by atoms with Crippen LogP contribution in [0.1, 0.15) is 6.42 Å². The lowest BCUT2D eigenvalue weighted by Crippen LogP contribution is -2.17. The Morgan fingerprint density at radius 1 is 1.04 bits per heavy atom. The van der Waals surface area contributed by atoms with E-state index < -0.39 is 0 Å². The van der Waals surface area contributed by atoms with E-state index in [4.69, 9.17) is 33.2 Å². The van der Waals surface area contributed by atoms with E-state index in [1.54, 1.807) is 18.3 Å². The minimum atomic E-state index is 0.460. The molecule has 130 valence electrons. The summed E-state index contributed by atoms with van der Waals surface area (Å²) >= 11 is 12.2. The predicted octanol–water partition coefficient (Wildman–Crippen LogP) is 4.36. The van der Waals surface area contributed by atoms with Gasteiger partial charge in [-0.15, -0.1) is 0 Å². The molecule has 0 saturated heterocycles. The SMILES string of the molecule is CN(C)CCCNc1nc2cc(Cl)c(Cl)cc2nc1-c1ccccn1. The van der Waals surface area contributed by atoms with E-state index >= 15 is 0 Å². The number of aromatic nitrogens is 3. The lowest BCUT2D eigenvalue weighted by atomic mass is 10.2. The third-order valence-corrected chi connectivity index (χ3v) is 4.41. The topological polar surface area (TPSA) is 53.9 Å². The van der Waals surface area contributed by atoms with Crippen LogP contribution in [0, 0.1) is 0 Å². The molecule has 1 aromatic carbocycles. The molecule has 2 aromatic heterocycles. The second-order valence-corrected chi connectivity index (χ2v) is 6.79. The number of nitrogens with zero attached hydrogens (tertiary/aromatic N) is 4. The molecule has 7 heteroatoms. The molecule has 0 amide bonds. The van der Waals surface area contributed by atoms with Gasteiger partial charge in [-0.2, -0.15) is 0 Å². The van der Waals surface area contributed by atoms with Crippen LogP contribution in [0.3, 0.4) is 0 Å². The van der Waals surface area contributed by atoms with Gasteiger partial charge in [0, 0.05) is 12.7 Å². The van der Waals surface area contributed by atoms with Gasteiger partial charge in [0.1, 0.15) is 5.69 Å². The molecule has 1 N–H and O–H groups in total. The quantitative estimate of drug-likeness (QED) is 0.648. The van der Waals surface area contributed by atoms with E-state index in [0.29, 0.717) is 32.6 Å². The standard InChI is InChI=1S/C18H19Cl2N5/c1-25(2)9-5-8-22-18-17(14-6-3-4-7-21-14)23-15-10-12(19)13(20)11-16(15)24-18/h3-4,6-7,10-11H,5,8-9H2,1-2H3,(H,22,24). The van der Waals surface area contributed by atoms with Gasteiger partial charge in [0.05, 0.1) is 26.8 Å². The Labute approximate surface area is 157 Å². The smallest absolute Gasteiger partial charge is 0.154 e. The summed E-state index contributed by atoms with van der Waals surface area (Å²) < 4.78 is 0. The number of anilines is 1. The highest BCUT2D eigenvalue weighted by molar-refractivity contribution is 6.42. The molecule has 3 rings (SSSR count). The maximum Gasteiger partial charge on any atom is 0.154 e. The first-order valence-electron chi connectivity index (χ1n) is 8.01. The second-order valence-electron chi connectivity index (χ2n) is 5.97. The summed E-state index contributed by atoms with van der Waals surface area (Å²) in [6, 6.07) is 9.18. The third kappa shape index (κ3) is 4.37. The van der Waals surface area contributed by atoms with Crippen molar-refractivity contribution in [2.75, 3.05) is 32.5 Å². The fourth-order valence-corrected chi connectivity index (χ4v) is 2.77. The summed E-state index contributed by atoms with van der Waals surface area (Å²) in [6.07, 6.45) is 2.74. The Bertz CT molecular complexity index is 868. The van der Waals surface area contributed by atoms with E-state index in [1.807, 2.05) is 18.2 Å². The number of nitrogens with one attached hydrogen (secondary N) is 1. The van der Waals surface area contributed by atoms with E-state index in [0.717, 1.165) is 25.2 Å². The Morgan fingerprint density at radius 3 is 2.40 bits per heavy atom. The summed E-state index contributed by atoms with van der Waals surface area (Å²) in [7, 11) is 4.11. The molecule has 0 bridgehead atoms. The van der Waals surface area contributed by atoms with Crippen molar-refractivity contribution in [3.05, 3.63) is 46.6 Å². The zero-order valence-corrected chi connectivity index (χ0v) is 15.6. The Hall–Kier alpha value is -1.95. The molecule has 5 nitrogen and oxygen atoms in total. The van der Waals surface area contributed by atoms with E-state index in [9.17, 15) is 0 Å². The third-order valence-electron chi connectivity index (χ3n) is 3.69. The molecule has 0 saturated carbocycles. The van der Waals surface area contributed by atoms with Gasteiger partial charge >= 0.3 is 0 Å². The molecule has 0 unspecified atom stereocenters. The fraction of sp³-hybridized carbons (Fsp3) is 0.278. The maximum atomic E-state index is 6.12. The molecule has 2 heterocycles. The zero-order chi connectivity index (χ0) is 17.8. The Kier molecular flexibility index (Phi) is 5.68. The highest BCUT2D eigenvalue weighted by Crippen LogP contribution is 2.30. The number of halogens is 2. The molecule has 0 aliphatic heterocycles. The van der Waals surface area contributed by atoms with Crippen molar-refractivity contribution in [2.45, 2.75) is 6.42 Å². The lowest BCUT2D eigenvalue weighted by molar-refractivity contribution is 0.405. The van der Waals surface area contributed by atoms with Crippen LogP contribution < -0.4 is 5.32 Å². The van der Waals surface area contributed by atoms with Gasteiger partial charge in [-0.3, -0.25) is 4.98 Å². The Morgan fingerprint density at radius 2 is 1.76 bits per heavy atom. The van der Waals surface area contributed by atoms with Crippen molar-refractivity contribution in [1.29, 1.82) is 0 Å². The number of pyridine rings is 1. The van der Waals surface area contributed by atoms with Gasteiger partial charge in [0.15, 0.2) is 5.82 Å². The van der Waals surface area contributed by atoms with Crippen LogP contribution in [0.15, 0.2) is 36.5 Å². The molecular weight excluding hydrogens is 357 g/mol. The van der Waals surface area contributed by atoms with Crippen molar-refractivity contribution < 1.29 is 0 Å². The average molecular weight is 376 g/mol. The van der Waals surface area contributed by atoms with Gasteiger partial charge in [0.2, 0.25) is 0 Å². The van der Waals surface area contributed by atoms with Crippen molar-refractivity contribution in [2.24, 2.45) is 0 Å². The van der Waals surface area contributed by atoms with Crippen LogP contribution in [0.2, 0.25) is 10.0 Å². The molecular formula is C18H19Cl2N5. The number of hydrogen-bond acceptors (Lipinski definition) is 5. The number of fused-ring (bicyclic) bond motifs is 1. The molecule has 0 aliphatic rings. The van der Waals surface area contributed by atoms with Crippen LogP contribution in [-0.2, 0) is 0 Å². The van der Waals surface area contributed by atoms with Crippen LogP contribution in [0.5, 0.6) is 0 Å². The lowest BCUT2D eigenvalue weighted by Gasteiger charge is -2.13. The first-order valence-corrected chi connectivity index (χ1v) is 8.77. The molecule has 0 radical (unpaired) electrons. The highest BCUT2D eigenvalue weighted by atomic mass is 35.5. The van der Waals surface area contributed by atoms with Crippen LogP contribution >= 0.6 is 23.2 Å². The number of rotatable bonds is 6. The van der Waals surface area contributed by atoms with Crippen LogP contribution in [0.25, 0.3) is 22.4 Å². The average Bonchev–Trinajstić information content (AvgIpc) is 2.60. The molecule has 0 atom stereocenters. The van der Waals surface area contributed by atoms with Gasteiger partial charge in [-0.25, -0.2) is 9.97 Å². The summed E-state index contributed by atoms with van der Waals surface area (Å²) in [5, 5.41) is 4.30. The molecule has 0 spiro atoms. The predicted molar refractivity (Wildman–Crippen MR) is 104 cm³/mol. The van der Waals surface area contributed by atoms with Crippen LogP contribution in [0.4, 0.5) is 5.82 Å². The largest absolute Gasteiger partial charge is 0.368 e. The highest BCUT2D eigenvalue weighted by Gasteiger charge is 2.13. The molecule has 25 heavy (non-hydrogen) atoms. The minimum Gasteiger partial charge on any atom is -0.368 e. The van der Waals surface area contributed by atoms with Crippen LogP contribution in [-0.4, -0.2) is 47.0 Å². The number of hydrogen-bond donors (Lipinski definition) is 1. The van der Waals surface area contributed by atoms with Gasteiger partial charge in [-0.05, 0) is 51.3 Å². The number of benzene rings is 1. The summed E-state index contributed by atoms with van der Waals surface area (Å²) in [4.78, 5) is 16.0. The van der Waals surface area contributed by atoms with Gasteiger partial charge in [0.25, 0.3) is 0 Å². The molecule has 3 aromatic rings. The summed E-state index contributed by atoms with van der Waals surface area (Å²) in [5.74, 6) is 0.698. The maximum absolute atomic E-state index is 6.12.